The quantitative estimate of drug-likeness (QED) is 0.810. The molecule has 0 spiro atoms. The van der Waals surface area contributed by atoms with Gasteiger partial charge in [0.15, 0.2) is 0 Å². The van der Waals surface area contributed by atoms with Crippen LogP contribution in [0.4, 0.5) is 4.39 Å². The Balaban J connectivity index is 0.00000240. The van der Waals surface area contributed by atoms with Crippen molar-refractivity contribution in [1.29, 1.82) is 0 Å². The molecule has 1 aromatic heterocycles. The minimum Gasteiger partial charge on any atom is -0.339 e. The first-order valence-corrected chi connectivity index (χ1v) is 9.56. The van der Waals surface area contributed by atoms with Gasteiger partial charge in [-0.1, -0.05) is 0 Å². The van der Waals surface area contributed by atoms with E-state index in [1.807, 2.05) is 24.3 Å². The Morgan fingerprint density at radius 1 is 1.07 bits per heavy atom. The first kappa shape index (κ1) is 21.3. The van der Waals surface area contributed by atoms with Crippen LogP contribution in [0, 0.1) is 11.7 Å². The van der Waals surface area contributed by atoms with E-state index in [1.165, 1.54) is 24.3 Å². The van der Waals surface area contributed by atoms with Crippen LogP contribution in [0.1, 0.15) is 21.8 Å². The van der Waals surface area contributed by atoms with Crippen LogP contribution in [0.25, 0.3) is 0 Å². The molecular weight excluding hydrogens is 397 g/mol. The molecule has 0 radical (unpaired) electrons. The highest BCUT2D eigenvalue weighted by Crippen LogP contribution is 2.29. The number of carbonyl (C=O) groups excluding carboxylic acids is 2. The number of aromatic nitrogens is 2. The topological polar surface area (TPSA) is 70.5 Å². The van der Waals surface area contributed by atoms with Gasteiger partial charge in [-0.15, -0.1) is 12.4 Å². The minimum atomic E-state index is -0.361. The summed E-state index contributed by atoms with van der Waals surface area (Å²) >= 11 is 0. The van der Waals surface area contributed by atoms with Crippen molar-refractivity contribution in [3.8, 4) is 0 Å². The summed E-state index contributed by atoms with van der Waals surface area (Å²) in [6.07, 6.45) is 3.80. The van der Waals surface area contributed by atoms with Gasteiger partial charge in [0.2, 0.25) is 5.91 Å². The number of nitrogens with one attached hydrogen (secondary N) is 1. The zero-order valence-electron chi connectivity index (χ0n) is 16.3. The molecule has 0 aliphatic carbocycles. The van der Waals surface area contributed by atoms with Crippen molar-refractivity contribution in [2.75, 3.05) is 39.3 Å². The molecule has 2 aliphatic heterocycles. The highest BCUT2D eigenvalue weighted by molar-refractivity contribution is 5.94. The first-order chi connectivity index (χ1) is 13.5. The molecule has 2 atom stereocenters. The minimum absolute atomic E-state index is 0. The third-order valence-electron chi connectivity index (χ3n) is 5.65. The Hall–Kier alpha value is -2.45. The normalized spacial score (nSPS) is 21.7. The third kappa shape index (κ3) is 4.43. The number of benzene rings is 1. The van der Waals surface area contributed by atoms with Crippen LogP contribution in [-0.4, -0.2) is 70.7 Å². The van der Waals surface area contributed by atoms with E-state index < -0.39 is 0 Å². The highest BCUT2D eigenvalue weighted by atomic mass is 35.5. The second-order valence-corrected chi connectivity index (χ2v) is 7.44. The molecule has 1 aromatic carbocycles. The third-order valence-corrected chi connectivity index (χ3v) is 5.65. The number of nitrogens with zero attached hydrogens (tertiary/aromatic N) is 4. The van der Waals surface area contributed by atoms with Gasteiger partial charge < -0.3 is 15.1 Å². The Bertz CT molecular complexity index is 864. The number of halogens is 2. The number of aryl methyl sites for hydroxylation is 1. The zero-order chi connectivity index (χ0) is 19.7. The number of hydrogen-bond acceptors (Lipinski definition) is 4. The first-order valence-electron chi connectivity index (χ1n) is 9.56. The largest absolute Gasteiger partial charge is 0.339 e. The average Bonchev–Trinajstić information content (AvgIpc) is 3.36. The Kier molecular flexibility index (Phi) is 6.54. The van der Waals surface area contributed by atoms with Crippen molar-refractivity contribution in [3.05, 3.63) is 53.6 Å². The van der Waals surface area contributed by atoms with Gasteiger partial charge >= 0.3 is 0 Å². The predicted octanol–water partition coefficient (Wildman–Crippen LogP) is 1.27. The van der Waals surface area contributed by atoms with Gasteiger partial charge in [-0.25, -0.2) is 4.39 Å². The standard InChI is InChI=1S/C20H24FN5O2.ClH/c1-24-13-15(10-23-24)17-11-22-12-18(17)20(28)26-8-6-25(7-9-26)19(27)14-2-4-16(21)5-3-14;/h2-5,10,13,17-18,22H,6-9,11-12H2,1H3;1H/t17-,18+;/m1./s1. The molecule has 2 aromatic rings. The van der Waals surface area contributed by atoms with E-state index in [0.717, 1.165) is 12.1 Å². The molecule has 3 heterocycles. The molecule has 9 heteroatoms. The average molecular weight is 422 g/mol. The molecule has 2 aliphatic rings. The Morgan fingerprint density at radius 3 is 2.34 bits per heavy atom. The molecule has 0 unspecified atom stereocenters. The molecule has 7 nitrogen and oxygen atoms in total. The molecule has 0 bridgehead atoms. The predicted molar refractivity (Wildman–Crippen MR) is 108 cm³/mol. The molecular formula is C20H25ClFN5O2. The van der Waals surface area contributed by atoms with Crippen LogP contribution in [0.5, 0.6) is 0 Å². The van der Waals surface area contributed by atoms with E-state index in [0.29, 0.717) is 38.3 Å². The van der Waals surface area contributed by atoms with E-state index in [1.54, 1.807) is 9.58 Å². The summed E-state index contributed by atoms with van der Waals surface area (Å²) in [5.74, 6) is -0.334. The summed E-state index contributed by atoms with van der Waals surface area (Å²) in [4.78, 5) is 29.2. The van der Waals surface area contributed by atoms with Crippen LogP contribution in [0.3, 0.4) is 0 Å². The van der Waals surface area contributed by atoms with Crippen LogP contribution in [0.15, 0.2) is 36.7 Å². The van der Waals surface area contributed by atoms with E-state index in [4.69, 9.17) is 0 Å². The fourth-order valence-electron chi connectivity index (χ4n) is 4.06. The highest BCUT2D eigenvalue weighted by Gasteiger charge is 2.38. The van der Waals surface area contributed by atoms with Crippen molar-refractivity contribution in [2.24, 2.45) is 13.0 Å². The molecule has 1 N–H and O–H groups in total. The van der Waals surface area contributed by atoms with Gasteiger partial charge in [0.05, 0.1) is 12.1 Å². The molecule has 29 heavy (non-hydrogen) atoms. The lowest BCUT2D eigenvalue weighted by atomic mass is 9.89. The van der Waals surface area contributed by atoms with Gasteiger partial charge in [-0.05, 0) is 29.8 Å². The summed E-state index contributed by atoms with van der Waals surface area (Å²) in [6, 6.07) is 5.58. The monoisotopic (exact) mass is 421 g/mol. The molecule has 2 saturated heterocycles. The summed E-state index contributed by atoms with van der Waals surface area (Å²) < 4.78 is 14.8. The van der Waals surface area contributed by atoms with E-state index >= 15 is 0 Å². The van der Waals surface area contributed by atoms with Gasteiger partial charge in [0, 0.05) is 64.0 Å². The summed E-state index contributed by atoms with van der Waals surface area (Å²) in [6.45, 7) is 3.43. The van der Waals surface area contributed by atoms with Crippen molar-refractivity contribution in [2.45, 2.75) is 5.92 Å². The molecule has 2 fully saturated rings. The smallest absolute Gasteiger partial charge is 0.253 e. The Labute approximate surface area is 175 Å². The molecule has 0 saturated carbocycles. The number of carbonyl (C=O) groups is 2. The van der Waals surface area contributed by atoms with Crippen LogP contribution >= 0.6 is 12.4 Å². The van der Waals surface area contributed by atoms with Gasteiger partial charge in [-0.3, -0.25) is 14.3 Å². The number of rotatable bonds is 3. The molecule has 4 rings (SSSR count). The second-order valence-electron chi connectivity index (χ2n) is 7.44. The maximum Gasteiger partial charge on any atom is 0.253 e. The second kappa shape index (κ2) is 8.92. The van der Waals surface area contributed by atoms with E-state index in [-0.39, 0.29) is 41.9 Å². The van der Waals surface area contributed by atoms with Crippen LogP contribution in [-0.2, 0) is 11.8 Å². The van der Waals surface area contributed by atoms with Crippen LogP contribution in [0.2, 0.25) is 0 Å². The SMILES string of the molecule is Cl.Cn1cc([C@H]2CNC[C@@H]2C(=O)N2CCN(C(=O)c3ccc(F)cc3)CC2)cn1. The Morgan fingerprint density at radius 2 is 1.72 bits per heavy atom. The maximum absolute atomic E-state index is 13.1. The van der Waals surface area contributed by atoms with Crippen molar-refractivity contribution < 1.29 is 14.0 Å². The molecule has 156 valence electrons. The van der Waals surface area contributed by atoms with Crippen molar-refractivity contribution in [3.63, 3.8) is 0 Å². The number of piperazine rings is 1. The van der Waals surface area contributed by atoms with Gasteiger partial charge in [-0.2, -0.15) is 5.10 Å². The van der Waals surface area contributed by atoms with Crippen LogP contribution < -0.4 is 5.32 Å². The number of hydrogen-bond donors (Lipinski definition) is 1. The number of amides is 2. The summed E-state index contributed by atoms with van der Waals surface area (Å²) in [5, 5.41) is 7.55. The lowest BCUT2D eigenvalue weighted by Crippen LogP contribution is -2.52. The molecule has 2 amide bonds. The zero-order valence-corrected chi connectivity index (χ0v) is 17.1. The fourth-order valence-corrected chi connectivity index (χ4v) is 4.06. The van der Waals surface area contributed by atoms with Gasteiger partial charge in [0.25, 0.3) is 5.91 Å². The fraction of sp³-hybridized carbons (Fsp3) is 0.450. The van der Waals surface area contributed by atoms with Gasteiger partial charge in [0.1, 0.15) is 5.82 Å². The lowest BCUT2D eigenvalue weighted by molar-refractivity contribution is -0.136. The van der Waals surface area contributed by atoms with E-state index in [9.17, 15) is 14.0 Å². The lowest BCUT2D eigenvalue weighted by Gasteiger charge is -2.36. The van der Waals surface area contributed by atoms with Crippen molar-refractivity contribution >= 4 is 24.2 Å². The van der Waals surface area contributed by atoms with Crippen molar-refractivity contribution in [1.82, 2.24) is 24.9 Å². The summed E-state index contributed by atoms with van der Waals surface area (Å²) in [7, 11) is 1.88. The van der Waals surface area contributed by atoms with E-state index in [2.05, 4.69) is 10.4 Å². The maximum atomic E-state index is 13.1. The summed E-state index contributed by atoms with van der Waals surface area (Å²) in [5.41, 5.74) is 1.55.